The number of rotatable bonds is 2. The molecule has 2 aromatic rings. The number of hydrogen-bond donors (Lipinski definition) is 2. The standard InChI is InChI=1S/C25H23N3Se.ClH/c1-28(2)23-13-7-17(8-14-23)20-15-24(18-3-9-21(26)10-4-18)29-25(16-20)19-5-11-22(27)12-6-19;/h3-16H,1-2H3,(H3,26,27);1H. The van der Waals surface area contributed by atoms with Gasteiger partial charge >= 0.3 is 178 Å². The Morgan fingerprint density at radius 2 is 1.07 bits per heavy atom. The Labute approximate surface area is 190 Å². The minimum atomic E-state index is 0. The smallest absolute Gasteiger partial charge is 1.00 e. The van der Waals surface area contributed by atoms with E-state index in [1.54, 1.807) is 0 Å². The van der Waals surface area contributed by atoms with Crippen molar-refractivity contribution in [2.45, 2.75) is 0 Å². The maximum atomic E-state index is 5.90. The Morgan fingerprint density at radius 1 is 0.633 bits per heavy atom. The summed E-state index contributed by atoms with van der Waals surface area (Å²) in [6.45, 7) is 0. The number of nitrogen functional groups attached to an aromatic ring is 2. The molecule has 0 radical (unpaired) electrons. The zero-order valence-corrected chi connectivity index (χ0v) is 19.4. The summed E-state index contributed by atoms with van der Waals surface area (Å²) in [6.07, 6.45) is 13.3. The van der Waals surface area contributed by atoms with Crippen LogP contribution in [-0.2, 0) is 0 Å². The molecule has 1 aliphatic heterocycles. The summed E-state index contributed by atoms with van der Waals surface area (Å²) in [5.41, 5.74) is 19.5. The molecule has 30 heavy (non-hydrogen) atoms. The van der Waals surface area contributed by atoms with Crippen molar-refractivity contribution in [3.63, 3.8) is 0 Å². The molecular formula is C25H24ClN3Se. The van der Waals surface area contributed by atoms with Gasteiger partial charge in [-0.3, -0.25) is 0 Å². The van der Waals surface area contributed by atoms with Crippen LogP contribution in [0.4, 0.5) is 11.4 Å². The van der Waals surface area contributed by atoms with Gasteiger partial charge in [0.25, 0.3) is 0 Å². The Balaban J connectivity index is 0.00000256. The first-order chi connectivity index (χ1) is 14.0. The van der Waals surface area contributed by atoms with E-state index >= 15 is 0 Å². The van der Waals surface area contributed by atoms with E-state index in [-0.39, 0.29) is 27.4 Å². The van der Waals surface area contributed by atoms with Crippen LogP contribution < -0.4 is 23.9 Å². The number of benzene rings is 2. The second-order valence-corrected chi connectivity index (χ2v) is 9.53. The van der Waals surface area contributed by atoms with Gasteiger partial charge in [-0.15, -0.1) is 0 Å². The molecular weight excluding hydrogens is 457 g/mol. The number of nitrogens with two attached hydrogens (primary N) is 2. The molecule has 0 saturated heterocycles. The summed E-state index contributed by atoms with van der Waals surface area (Å²) < 4.78 is 4.81. The van der Waals surface area contributed by atoms with Crippen molar-refractivity contribution in [3.05, 3.63) is 107 Å². The number of allylic oxidation sites excluding steroid dienone is 8. The van der Waals surface area contributed by atoms with Gasteiger partial charge in [0.2, 0.25) is 0 Å². The summed E-state index contributed by atoms with van der Waals surface area (Å²) in [4.78, 5) is 0. The number of hydrogen-bond acceptors (Lipinski definition) is 2. The van der Waals surface area contributed by atoms with E-state index in [2.05, 4.69) is 79.4 Å². The Morgan fingerprint density at radius 3 is 1.47 bits per heavy atom. The molecule has 152 valence electrons. The monoisotopic (exact) mass is 481 g/mol. The summed E-state index contributed by atoms with van der Waals surface area (Å²) in [5, 5.41) is 0. The molecule has 0 fully saturated rings. The average Bonchev–Trinajstić information content (AvgIpc) is 2.74. The summed E-state index contributed by atoms with van der Waals surface area (Å²) in [5.74, 6) is 0. The van der Waals surface area contributed by atoms with E-state index in [0.29, 0.717) is 0 Å². The summed E-state index contributed by atoms with van der Waals surface area (Å²) in [7, 11) is 4.12. The maximum absolute atomic E-state index is 5.90. The minimum absolute atomic E-state index is 0. The first-order valence-electron chi connectivity index (χ1n) is 9.47. The van der Waals surface area contributed by atoms with Crippen LogP contribution in [0.1, 0.15) is 11.1 Å². The summed E-state index contributed by atoms with van der Waals surface area (Å²) in [6, 6.07) is 16.3. The Bertz CT molecular complexity index is 1050. The van der Waals surface area contributed by atoms with Gasteiger partial charge in [-0.1, -0.05) is 0 Å². The van der Waals surface area contributed by atoms with Gasteiger partial charge in [-0.25, -0.2) is 0 Å². The number of nitrogens with zero attached hydrogens (tertiary/aromatic N) is 1. The first-order valence-corrected chi connectivity index (χ1v) is 11.2. The van der Waals surface area contributed by atoms with Crippen molar-refractivity contribution in [2.24, 2.45) is 0 Å². The molecule has 0 aromatic heterocycles. The van der Waals surface area contributed by atoms with E-state index in [4.69, 9.17) is 11.5 Å². The van der Waals surface area contributed by atoms with Crippen molar-refractivity contribution in [2.75, 3.05) is 25.6 Å². The maximum Gasteiger partial charge on any atom is -1.00 e. The van der Waals surface area contributed by atoms with Gasteiger partial charge < -0.3 is 12.4 Å². The van der Waals surface area contributed by atoms with E-state index in [1.165, 1.54) is 36.9 Å². The van der Waals surface area contributed by atoms with Gasteiger partial charge in [0.15, 0.2) is 0 Å². The molecule has 2 aromatic carbocycles. The number of anilines is 2. The van der Waals surface area contributed by atoms with Gasteiger partial charge in [0, 0.05) is 0 Å². The van der Waals surface area contributed by atoms with Gasteiger partial charge in [-0.2, -0.15) is 0 Å². The normalized spacial score (nSPS) is 15.5. The second kappa shape index (κ2) is 9.36. The van der Waals surface area contributed by atoms with Crippen LogP contribution in [0.2, 0.25) is 0 Å². The zero-order chi connectivity index (χ0) is 20.4. The van der Waals surface area contributed by atoms with Crippen LogP contribution in [0.5, 0.6) is 0 Å². The van der Waals surface area contributed by atoms with Gasteiger partial charge in [0.1, 0.15) is 0 Å². The van der Waals surface area contributed by atoms with E-state index in [0.717, 1.165) is 11.4 Å². The predicted molar refractivity (Wildman–Crippen MR) is 126 cm³/mol. The van der Waals surface area contributed by atoms with Crippen LogP contribution in [0, 0.1) is 0 Å². The molecule has 1 heterocycles. The molecule has 0 saturated carbocycles. The fourth-order valence-electron chi connectivity index (χ4n) is 3.20. The fraction of sp³-hybridized carbons (Fsp3) is 0.0800. The van der Waals surface area contributed by atoms with Gasteiger partial charge in [0.05, 0.1) is 0 Å². The molecule has 0 amide bonds. The molecule has 0 bridgehead atoms. The predicted octanol–water partition coefficient (Wildman–Crippen LogP) is 1.09. The molecule has 0 atom stereocenters. The van der Waals surface area contributed by atoms with Crippen LogP contribution in [0.3, 0.4) is 0 Å². The second-order valence-electron chi connectivity index (χ2n) is 7.26. The van der Waals surface area contributed by atoms with E-state index in [9.17, 15) is 0 Å². The minimum Gasteiger partial charge on any atom is -1.00 e. The Kier molecular flexibility index (Phi) is 6.83. The fourth-order valence-corrected chi connectivity index (χ4v) is 5.54. The largest absolute Gasteiger partial charge is 1.00 e. The molecule has 3 nitrogen and oxygen atoms in total. The molecule has 4 N–H and O–H groups in total. The molecule has 5 heteroatoms. The molecule has 0 spiro atoms. The van der Waals surface area contributed by atoms with E-state index in [1.807, 2.05) is 24.3 Å². The van der Waals surface area contributed by atoms with Crippen molar-refractivity contribution in [1.82, 2.24) is 0 Å². The van der Waals surface area contributed by atoms with Crippen molar-refractivity contribution >= 4 is 41.0 Å². The Hall–Kier alpha value is -2.78. The summed E-state index contributed by atoms with van der Waals surface area (Å²) >= 11 is 0.194. The molecule has 1 aliphatic carbocycles. The van der Waals surface area contributed by atoms with Crippen molar-refractivity contribution in [3.8, 4) is 0 Å². The SMILES string of the molecule is C[N+](C)=C1C=CC(=C2C=C(c3ccc(N)cc3)[Se]C(c3ccc(N)cc3)=C2)C=C1.[Cl-]. The van der Waals surface area contributed by atoms with Crippen LogP contribution in [0.25, 0.3) is 8.94 Å². The van der Waals surface area contributed by atoms with E-state index < -0.39 is 0 Å². The third kappa shape index (κ3) is 4.85. The van der Waals surface area contributed by atoms with Crippen LogP contribution in [0.15, 0.2) is 96.1 Å². The topological polar surface area (TPSA) is 55.0 Å². The molecule has 2 aliphatic rings. The zero-order valence-electron chi connectivity index (χ0n) is 17.0. The number of halogens is 1. The molecule has 0 unspecified atom stereocenters. The van der Waals surface area contributed by atoms with Gasteiger partial charge in [-0.05, 0) is 0 Å². The van der Waals surface area contributed by atoms with Crippen LogP contribution >= 0.6 is 0 Å². The average molecular weight is 481 g/mol. The molecule has 4 rings (SSSR count). The quantitative estimate of drug-likeness (QED) is 0.384. The van der Waals surface area contributed by atoms with Crippen LogP contribution in [-0.4, -0.2) is 39.3 Å². The third-order valence-electron chi connectivity index (χ3n) is 4.90. The first kappa shape index (κ1) is 21.9. The van der Waals surface area contributed by atoms with Crippen molar-refractivity contribution in [1.29, 1.82) is 0 Å². The van der Waals surface area contributed by atoms with Crippen molar-refractivity contribution < 1.29 is 17.0 Å². The third-order valence-corrected chi connectivity index (χ3v) is 7.31.